The van der Waals surface area contributed by atoms with Crippen LogP contribution < -0.4 is 14.2 Å². The van der Waals surface area contributed by atoms with E-state index in [4.69, 9.17) is 14.2 Å². The second kappa shape index (κ2) is 10.7. The Morgan fingerprint density at radius 3 is 2.43 bits per heavy atom. The van der Waals surface area contributed by atoms with Crippen LogP contribution in [0, 0.1) is 6.92 Å². The van der Waals surface area contributed by atoms with E-state index in [0.29, 0.717) is 33.9 Å². The van der Waals surface area contributed by atoms with E-state index in [2.05, 4.69) is 4.98 Å². The number of amides is 1. The predicted octanol–water partition coefficient (Wildman–Crippen LogP) is 4.82. The molecule has 37 heavy (non-hydrogen) atoms. The Balaban J connectivity index is 1.87. The van der Waals surface area contributed by atoms with Crippen molar-refractivity contribution in [2.45, 2.75) is 39.5 Å². The van der Waals surface area contributed by atoms with E-state index >= 15 is 0 Å². The summed E-state index contributed by atoms with van der Waals surface area (Å²) < 4.78 is 16.6. The number of ketones is 1. The van der Waals surface area contributed by atoms with Crippen LogP contribution in [0.3, 0.4) is 0 Å². The Labute approximate surface area is 216 Å². The Morgan fingerprint density at radius 2 is 1.81 bits per heavy atom. The molecule has 0 aliphatic carbocycles. The fraction of sp³-hybridized carbons (Fsp3) is 0.276. The molecular formula is C29H30N2O6. The van der Waals surface area contributed by atoms with Crippen LogP contribution in [-0.2, 0) is 16.1 Å². The first-order valence-electron chi connectivity index (χ1n) is 11.9. The lowest BCUT2D eigenvalue weighted by Crippen LogP contribution is -2.29. The number of Topliss-reactive ketones (excluding diaryl/α,β-unsaturated/α-hetero) is 1. The van der Waals surface area contributed by atoms with Gasteiger partial charge in [-0.1, -0.05) is 12.1 Å². The summed E-state index contributed by atoms with van der Waals surface area (Å²) in [5.41, 5.74) is 2.50. The zero-order chi connectivity index (χ0) is 26.7. The highest BCUT2D eigenvalue weighted by atomic mass is 16.5. The third kappa shape index (κ3) is 5.14. The number of carbonyl (C=O) groups is 2. The molecule has 2 heterocycles. The molecule has 0 saturated carbocycles. The van der Waals surface area contributed by atoms with Crippen LogP contribution in [-0.4, -0.2) is 47.0 Å². The van der Waals surface area contributed by atoms with Gasteiger partial charge in [0.1, 0.15) is 11.5 Å². The van der Waals surface area contributed by atoms with Crippen molar-refractivity contribution >= 4 is 17.4 Å². The molecule has 8 nitrogen and oxygen atoms in total. The summed E-state index contributed by atoms with van der Waals surface area (Å²) in [5.74, 6) is -0.117. The number of likely N-dealkylation sites (tertiary alicyclic amines) is 1. The normalized spacial score (nSPS) is 16.8. The number of hydrogen-bond donors (Lipinski definition) is 1. The van der Waals surface area contributed by atoms with Crippen LogP contribution >= 0.6 is 0 Å². The van der Waals surface area contributed by atoms with Crippen LogP contribution in [0.4, 0.5) is 0 Å². The molecule has 1 saturated heterocycles. The molecule has 192 valence electrons. The summed E-state index contributed by atoms with van der Waals surface area (Å²) in [4.78, 5) is 32.3. The molecule has 1 aromatic heterocycles. The summed E-state index contributed by atoms with van der Waals surface area (Å²) in [6.07, 6.45) is 3.27. The van der Waals surface area contributed by atoms with Gasteiger partial charge in [-0.3, -0.25) is 14.6 Å². The minimum Gasteiger partial charge on any atom is -0.507 e. The molecule has 0 radical (unpaired) electrons. The van der Waals surface area contributed by atoms with E-state index in [1.54, 1.807) is 54.9 Å². The number of carbonyl (C=O) groups excluding carboxylic acids is 2. The molecule has 1 fully saturated rings. The SMILES string of the molecule is COc1ccc([C@H]2/C(=C(\O)c3ccc(OC(C)C)cc3C)C(=O)C(=O)N2Cc2cccnc2)cc1OC. The molecule has 8 heteroatoms. The van der Waals surface area contributed by atoms with Crippen molar-refractivity contribution < 1.29 is 28.9 Å². The highest BCUT2D eigenvalue weighted by molar-refractivity contribution is 6.46. The first kappa shape index (κ1) is 25.8. The van der Waals surface area contributed by atoms with Crippen LogP contribution in [0.25, 0.3) is 5.76 Å². The number of aryl methyl sites for hydroxylation is 1. The Hall–Kier alpha value is -4.33. The molecule has 1 aliphatic heterocycles. The summed E-state index contributed by atoms with van der Waals surface area (Å²) in [7, 11) is 3.04. The van der Waals surface area contributed by atoms with Crippen molar-refractivity contribution in [2.24, 2.45) is 0 Å². The monoisotopic (exact) mass is 502 g/mol. The number of pyridine rings is 1. The molecule has 1 amide bonds. The zero-order valence-corrected chi connectivity index (χ0v) is 21.5. The zero-order valence-electron chi connectivity index (χ0n) is 21.5. The van der Waals surface area contributed by atoms with Gasteiger partial charge in [-0.15, -0.1) is 0 Å². The molecule has 0 spiro atoms. The van der Waals surface area contributed by atoms with Gasteiger partial charge in [0.05, 0.1) is 31.9 Å². The highest BCUT2D eigenvalue weighted by Crippen LogP contribution is 2.43. The van der Waals surface area contributed by atoms with Crippen LogP contribution in [0.1, 0.15) is 42.1 Å². The third-order valence-corrected chi connectivity index (χ3v) is 6.16. The molecule has 3 aromatic rings. The average molecular weight is 503 g/mol. The molecule has 0 bridgehead atoms. The van der Waals surface area contributed by atoms with E-state index in [-0.39, 0.29) is 24.0 Å². The summed E-state index contributed by atoms with van der Waals surface area (Å²) in [6.45, 7) is 5.81. The predicted molar refractivity (Wildman–Crippen MR) is 139 cm³/mol. The number of hydrogen-bond acceptors (Lipinski definition) is 7. The van der Waals surface area contributed by atoms with Gasteiger partial charge in [0, 0.05) is 24.5 Å². The minimum atomic E-state index is -0.856. The van der Waals surface area contributed by atoms with Crippen molar-refractivity contribution in [1.29, 1.82) is 0 Å². The standard InChI is InChI=1S/C29H30N2O6/c1-17(2)37-21-9-10-22(18(3)13-21)27(32)25-26(20-8-11-23(35-4)24(14-20)36-5)31(29(34)28(25)33)16-19-7-6-12-30-15-19/h6-15,17,26,32H,16H2,1-5H3/b27-25+/t26-/m0/s1. The van der Waals surface area contributed by atoms with E-state index < -0.39 is 17.7 Å². The quantitative estimate of drug-likeness (QED) is 0.268. The fourth-order valence-corrected chi connectivity index (χ4v) is 4.49. The van der Waals surface area contributed by atoms with Crippen LogP contribution in [0.5, 0.6) is 17.2 Å². The van der Waals surface area contributed by atoms with Crippen molar-refractivity contribution in [3.63, 3.8) is 0 Å². The van der Waals surface area contributed by atoms with E-state index in [0.717, 1.165) is 5.56 Å². The lowest BCUT2D eigenvalue weighted by atomic mass is 9.93. The number of ether oxygens (including phenoxy) is 3. The first-order chi connectivity index (χ1) is 17.7. The van der Waals surface area contributed by atoms with Crippen molar-refractivity contribution in [3.8, 4) is 17.2 Å². The Bertz CT molecular complexity index is 1350. The van der Waals surface area contributed by atoms with Crippen molar-refractivity contribution in [1.82, 2.24) is 9.88 Å². The maximum absolute atomic E-state index is 13.4. The average Bonchev–Trinajstić information content (AvgIpc) is 3.13. The molecule has 1 N–H and O–H groups in total. The number of benzene rings is 2. The second-order valence-electron chi connectivity index (χ2n) is 9.05. The van der Waals surface area contributed by atoms with Gasteiger partial charge in [-0.2, -0.15) is 0 Å². The maximum atomic E-state index is 13.4. The van der Waals surface area contributed by atoms with Gasteiger partial charge < -0.3 is 24.2 Å². The van der Waals surface area contributed by atoms with Crippen LogP contribution in [0.2, 0.25) is 0 Å². The van der Waals surface area contributed by atoms with Gasteiger partial charge in [-0.25, -0.2) is 0 Å². The largest absolute Gasteiger partial charge is 0.507 e. The van der Waals surface area contributed by atoms with E-state index in [9.17, 15) is 14.7 Å². The Morgan fingerprint density at radius 1 is 1.05 bits per heavy atom. The molecule has 4 rings (SSSR count). The van der Waals surface area contributed by atoms with E-state index in [1.165, 1.54) is 19.1 Å². The molecule has 2 aromatic carbocycles. The lowest BCUT2D eigenvalue weighted by molar-refractivity contribution is -0.140. The fourth-order valence-electron chi connectivity index (χ4n) is 4.49. The lowest BCUT2D eigenvalue weighted by Gasteiger charge is -2.26. The van der Waals surface area contributed by atoms with Gasteiger partial charge in [-0.05, 0) is 73.9 Å². The van der Waals surface area contributed by atoms with E-state index in [1.807, 2.05) is 26.8 Å². The van der Waals surface area contributed by atoms with Gasteiger partial charge >= 0.3 is 0 Å². The smallest absolute Gasteiger partial charge is 0.295 e. The van der Waals surface area contributed by atoms with Gasteiger partial charge in [0.25, 0.3) is 11.7 Å². The topological polar surface area (TPSA) is 98.2 Å². The second-order valence-corrected chi connectivity index (χ2v) is 9.05. The molecule has 1 atom stereocenters. The van der Waals surface area contributed by atoms with Gasteiger partial charge in [0.15, 0.2) is 11.5 Å². The number of methoxy groups -OCH3 is 2. The third-order valence-electron chi connectivity index (χ3n) is 6.16. The first-order valence-corrected chi connectivity index (χ1v) is 11.9. The number of aromatic nitrogens is 1. The number of nitrogens with zero attached hydrogens (tertiary/aromatic N) is 2. The van der Waals surface area contributed by atoms with Crippen LogP contribution in [0.15, 0.2) is 66.5 Å². The summed E-state index contributed by atoms with van der Waals surface area (Å²) in [5, 5.41) is 11.5. The molecule has 0 unspecified atom stereocenters. The number of aliphatic hydroxyl groups is 1. The van der Waals surface area contributed by atoms with Crippen molar-refractivity contribution in [2.75, 3.05) is 14.2 Å². The summed E-state index contributed by atoms with van der Waals surface area (Å²) >= 11 is 0. The number of rotatable bonds is 8. The Kier molecular flexibility index (Phi) is 7.47. The maximum Gasteiger partial charge on any atom is 0.295 e. The summed E-state index contributed by atoms with van der Waals surface area (Å²) in [6, 6.07) is 13.2. The molecule has 1 aliphatic rings. The number of aliphatic hydroxyl groups excluding tert-OH is 1. The minimum absolute atomic E-state index is 0.00161. The van der Waals surface area contributed by atoms with Gasteiger partial charge in [0.2, 0.25) is 0 Å². The van der Waals surface area contributed by atoms with Crippen molar-refractivity contribution in [3.05, 3.63) is 88.8 Å². The highest BCUT2D eigenvalue weighted by Gasteiger charge is 2.46. The molecular weight excluding hydrogens is 472 g/mol.